The highest BCUT2D eigenvalue weighted by Crippen LogP contribution is 1.93. The van der Waals surface area contributed by atoms with Crippen LogP contribution in [-0.2, 0) is 0 Å². The van der Waals surface area contributed by atoms with Crippen LogP contribution in [0.1, 0.15) is 13.8 Å². The van der Waals surface area contributed by atoms with Crippen LogP contribution in [0.2, 0.25) is 0 Å². The van der Waals surface area contributed by atoms with Gasteiger partial charge in [-0.25, -0.2) is 0 Å². The number of rotatable bonds is 1. The Bertz CT molecular complexity index is 93.9. The van der Waals surface area contributed by atoms with E-state index in [0.29, 0.717) is 6.54 Å². The fourth-order valence-electron chi connectivity index (χ4n) is 0. The number of hydrogen-bond acceptors (Lipinski definition) is 4. The summed E-state index contributed by atoms with van der Waals surface area (Å²) in [4.78, 5) is 8.36. The molecule has 0 spiro atoms. The molecule has 0 aromatic carbocycles. The lowest BCUT2D eigenvalue weighted by atomic mass is 10.1. The van der Waals surface area contributed by atoms with Gasteiger partial charge in [0, 0.05) is 6.54 Å². The van der Waals surface area contributed by atoms with Crippen LogP contribution >= 0.6 is 0 Å². The van der Waals surface area contributed by atoms with Crippen molar-refractivity contribution in [2.45, 2.75) is 19.4 Å². The lowest BCUT2D eigenvalue weighted by Crippen LogP contribution is -2.29. The number of nitrogens with zero attached hydrogens (tertiary/aromatic N) is 1. The summed E-state index contributed by atoms with van der Waals surface area (Å²) in [5.41, 5.74) is 4.38. The third kappa shape index (κ3) is 59.3. The van der Waals surface area contributed by atoms with E-state index in [1.807, 2.05) is 0 Å². The van der Waals surface area contributed by atoms with E-state index in [4.69, 9.17) is 26.2 Å². The normalized spacial score (nSPS) is 9.60. The quantitative estimate of drug-likeness (QED) is 0.342. The average molecular weight is 152 g/mol. The maximum Gasteiger partial charge on any atom is 0.291 e. The molecule has 10 heavy (non-hydrogen) atoms. The van der Waals surface area contributed by atoms with Gasteiger partial charge in [0.2, 0.25) is 0 Å². The maximum atomic E-state index is 8.70. The zero-order chi connectivity index (χ0) is 8.78. The summed E-state index contributed by atoms with van der Waals surface area (Å²) in [6.07, 6.45) is 0. The van der Waals surface area contributed by atoms with Crippen LogP contribution in [0.4, 0.5) is 0 Å². The Morgan fingerprint density at radius 3 is 1.80 bits per heavy atom. The van der Waals surface area contributed by atoms with Gasteiger partial charge in [-0.3, -0.25) is 0 Å². The van der Waals surface area contributed by atoms with Gasteiger partial charge in [-0.05, 0) is 13.8 Å². The van der Waals surface area contributed by atoms with E-state index in [0.717, 1.165) is 0 Å². The lowest BCUT2D eigenvalue weighted by molar-refractivity contribution is -0.742. The fourth-order valence-corrected chi connectivity index (χ4v) is 0. The molecule has 0 atom stereocenters. The number of nitrogens with two attached hydrogens (primary N) is 1. The average Bonchev–Trinajstić information content (AvgIpc) is 1.63. The molecule has 0 aromatic heterocycles. The zero-order valence-electron chi connectivity index (χ0n) is 5.94. The second-order valence-corrected chi connectivity index (χ2v) is 2.25. The van der Waals surface area contributed by atoms with Crippen LogP contribution in [0.3, 0.4) is 0 Å². The Hall–Kier alpha value is -0.880. The van der Waals surface area contributed by atoms with Crippen molar-refractivity contribution in [2.24, 2.45) is 5.73 Å². The highest BCUT2D eigenvalue weighted by Gasteiger charge is 2.06. The summed E-state index contributed by atoms with van der Waals surface area (Å²) in [6.45, 7) is 3.67. The van der Waals surface area contributed by atoms with Crippen molar-refractivity contribution in [3.63, 3.8) is 0 Å². The van der Waals surface area contributed by atoms with Gasteiger partial charge in [-0.2, -0.15) is 0 Å². The fraction of sp³-hybridized carbons (Fsp3) is 1.00. The monoisotopic (exact) mass is 152 g/mol. The van der Waals surface area contributed by atoms with E-state index in [9.17, 15) is 0 Å². The van der Waals surface area contributed by atoms with Crippen LogP contribution < -0.4 is 5.73 Å². The van der Waals surface area contributed by atoms with Crippen LogP contribution in [0.5, 0.6) is 0 Å². The highest BCUT2D eigenvalue weighted by atomic mass is 16.9. The minimum atomic E-state index is -1.50. The van der Waals surface area contributed by atoms with Crippen molar-refractivity contribution in [3.8, 4) is 0 Å². The van der Waals surface area contributed by atoms with Crippen molar-refractivity contribution >= 4 is 0 Å². The molecule has 0 aliphatic heterocycles. The minimum absolute atomic E-state index is 0.326. The predicted molar refractivity (Wildman–Crippen MR) is 34.1 cm³/mol. The van der Waals surface area contributed by atoms with Crippen molar-refractivity contribution in [3.05, 3.63) is 10.1 Å². The van der Waals surface area contributed by atoms with Crippen LogP contribution in [0.15, 0.2) is 0 Å². The first-order valence-electron chi connectivity index (χ1n) is 2.55. The standard InChI is InChI=1S/C4H11NO.HNO3/c1-4(2,6)3-5;2-1(3)4/h6H,3,5H2,1-2H3;(H,2,3,4). The first-order valence-corrected chi connectivity index (χ1v) is 2.55. The summed E-state index contributed by atoms with van der Waals surface area (Å²) < 4.78 is 0. The topological polar surface area (TPSA) is 110 Å². The van der Waals surface area contributed by atoms with Crippen molar-refractivity contribution in [1.82, 2.24) is 0 Å². The van der Waals surface area contributed by atoms with E-state index in [1.165, 1.54) is 0 Å². The number of hydrogen-bond donors (Lipinski definition) is 3. The summed E-state index contributed by atoms with van der Waals surface area (Å²) in [5, 5.41) is 22.3. The molecule has 0 amide bonds. The molecule has 0 aliphatic rings. The van der Waals surface area contributed by atoms with Gasteiger partial charge >= 0.3 is 0 Å². The Kier molecular flexibility index (Phi) is 5.87. The first kappa shape index (κ1) is 11.9. The maximum absolute atomic E-state index is 8.70. The van der Waals surface area contributed by atoms with Crippen molar-refractivity contribution in [2.75, 3.05) is 6.54 Å². The molecule has 0 saturated heterocycles. The van der Waals surface area contributed by atoms with Gasteiger partial charge < -0.3 is 16.0 Å². The Morgan fingerprint density at radius 1 is 1.70 bits per heavy atom. The smallest absolute Gasteiger partial charge is 0.291 e. The molecular formula is C4H12N2O4. The molecule has 0 aromatic rings. The molecule has 0 aliphatic carbocycles. The van der Waals surface area contributed by atoms with E-state index >= 15 is 0 Å². The van der Waals surface area contributed by atoms with Gasteiger partial charge in [0.05, 0.1) is 5.60 Å². The van der Waals surface area contributed by atoms with E-state index in [2.05, 4.69) is 0 Å². The first-order chi connectivity index (χ1) is 4.29. The van der Waals surface area contributed by atoms with Gasteiger partial charge in [0.25, 0.3) is 5.09 Å². The second-order valence-electron chi connectivity index (χ2n) is 2.25. The third-order valence-corrected chi connectivity index (χ3v) is 0.500. The molecule has 6 nitrogen and oxygen atoms in total. The molecule has 0 heterocycles. The molecular weight excluding hydrogens is 140 g/mol. The third-order valence-electron chi connectivity index (χ3n) is 0.500. The highest BCUT2D eigenvalue weighted by molar-refractivity contribution is 4.63. The minimum Gasteiger partial charge on any atom is -0.389 e. The molecule has 62 valence electrons. The molecule has 4 N–H and O–H groups in total. The zero-order valence-corrected chi connectivity index (χ0v) is 5.94. The van der Waals surface area contributed by atoms with E-state index < -0.39 is 10.7 Å². The Balaban J connectivity index is 0. The molecule has 0 fully saturated rings. The van der Waals surface area contributed by atoms with Crippen molar-refractivity contribution < 1.29 is 15.4 Å². The molecule has 0 radical (unpaired) electrons. The van der Waals surface area contributed by atoms with Crippen LogP contribution in [-0.4, -0.2) is 27.5 Å². The molecule has 6 heteroatoms. The Labute approximate surface area is 58.4 Å². The SMILES string of the molecule is CC(C)(O)CN.O=[N+]([O-])O. The number of aliphatic hydroxyl groups is 1. The lowest BCUT2D eigenvalue weighted by Gasteiger charge is -2.11. The molecule has 0 unspecified atom stereocenters. The van der Waals surface area contributed by atoms with Gasteiger partial charge in [-0.15, -0.1) is 10.1 Å². The van der Waals surface area contributed by atoms with Gasteiger partial charge in [-0.1, -0.05) is 0 Å². The Morgan fingerprint density at radius 2 is 1.80 bits per heavy atom. The molecule has 0 saturated carbocycles. The summed E-state index contributed by atoms with van der Waals surface area (Å²) in [7, 11) is 0. The predicted octanol–water partition coefficient (Wildman–Crippen LogP) is -0.632. The second kappa shape index (κ2) is 4.95. The summed E-state index contributed by atoms with van der Waals surface area (Å²) in [5.74, 6) is 0. The summed E-state index contributed by atoms with van der Waals surface area (Å²) >= 11 is 0. The van der Waals surface area contributed by atoms with Crippen LogP contribution in [0, 0.1) is 10.1 Å². The van der Waals surface area contributed by atoms with Gasteiger partial charge in [0.1, 0.15) is 0 Å². The van der Waals surface area contributed by atoms with E-state index in [1.54, 1.807) is 13.8 Å². The molecule has 0 rings (SSSR count). The van der Waals surface area contributed by atoms with E-state index in [-0.39, 0.29) is 0 Å². The summed E-state index contributed by atoms with van der Waals surface area (Å²) in [6, 6.07) is 0. The van der Waals surface area contributed by atoms with Crippen LogP contribution in [0.25, 0.3) is 0 Å². The van der Waals surface area contributed by atoms with Gasteiger partial charge in [0.15, 0.2) is 0 Å². The van der Waals surface area contributed by atoms with Crippen molar-refractivity contribution in [1.29, 1.82) is 0 Å². The molecule has 0 bridgehead atoms. The largest absolute Gasteiger partial charge is 0.389 e.